The first-order valence-electron chi connectivity index (χ1n) is 6.10. The van der Waals surface area contributed by atoms with Gasteiger partial charge in [0.05, 0.1) is 11.1 Å². The molecule has 0 saturated heterocycles. The molecule has 94 valence electrons. The predicted octanol–water partition coefficient (Wildman–Crippen LogP) is 3.42. The van der Waals surface area contributed by atoms with Crippen molar-refractivity contribution in [1.29, 1.82) is 0 Å². The van der Waals surface area contributed by atoms with Crippen LogP contribution in [0.15, 0.2) is 12.1 Å². The van der Waals surface area contributed by atoms with E-state index in [0.29, 0.717) is 12.0 Å². The molecule has 0 fully saturated rings. The van der Waals surface area contributed by atoms with Gasteiger partial charge in [-0.25, -0.2) is 4.79 Å². The van der Waals surface area contributed by atoms with Crippen molar-refractivity contribution in [3.63, 3.8) is 0 Å². The lowest BCUT2D eigenvalue weighted by Gasteiger charge is -2.14. The number of aromatic carboxylic acids is 1. The molecule has 0 radical (unpaired) electrons. The van der Waals surface area contributed by atoms with Crippen LogP contribution < -0.4 is 0 Å². The van der Waals surface area contributed by atoms with Crippen molar-refractivity contribution in [3.8, 4) is 0 Å². The van der Waals surface area contributed by atoms with Crippen molar-refractivity contribution < 1.29 is 9.90 Å². The fourth-order valence-electron chi connectivity index (χ4n) is 2.49. The van der Waals surface area contributed by atoms with E-state index in [-0.39, 0.29) is 0 Å². The number of benzene rings is 1. The lowest BCUT2D eigenvalue weighted by molar-refractivity contribution is 0.0697. The monoisotopic (exact) mass is 243 g/mol. The lowest BCUT2D eigenvalue weighted by Crippen LogP contribution is -2.08. The molecule has 0 atom stereocenters. The van der Waals surface area contributed by atoms with Crippen molar-refractivity contribution in [1.82, 2.24) is 4.98 Å². The maximum absolute atomic E-state index is 11.6. The van der Waals surface area contributed by atoms with Gasteiger partial charge in [0, 0.05) is 11.1 Å². The molecule has 0 aliphatic carbocycles. The Labute approximate surface area is 106 Å². The SMILES string of the molecule is CCc1c(C)nc2c(C)ccc(C)c2c1C(=O)O. The van der Waals surface area contributed by atoms with Gasteiger partial charge < -0.3 is 5.11 Å². The van der Waals surface area contributed by atoms with E-state index in [1.807, 2.05) is 39.8 Å². The van der Waals surface area contributed by atoms with Crippen LogP contribution in [0.25, 0.3) is 10.9 Å². The smallest absolute Gasteiger partial charge is 0.336 e. The second-order valence-electron chi connectivity index (χ2n) is 4.63. The number of hydrogen-bond donors (Lipinski definition) is 1. The summed E-state index contributed by atoms with van der Waals surface area (Å²) in [6, 6.07) is 3.95. The first-order chi connectivity index (χ1) is 8.47. The number of aromatic nitrogens is 1. The Morgan fingerprint density at radius 2 is 1.83 bits per heavy atom. The van der Waals surface area contributed by atoms with Gasteiger partial charge in [0.1, 0.15) is 0 Å². The number of pyridine rings is 1. The second kappa shape index (κ2) is 4.41. The fourth-order valence-corrected chi connectivity index (χ4v) is 2.49. The lowest BCUT2D eigenvalue weighted by atomic mass is 9.94. The fraction of sp³-hybridized carbons (Fsp3) is 0.333. The highest BCUT2D eigenvalue weighted by atomic mass is 16.4. The Balaban J connectivity index is 3.06. The number of fused-ring (bicyclic) bond motifs is 1. The number of carboxylic acid groups (broad SMARTS) is 1. The van der Waals surface area contributed by atoms with Crippen LogP contribution in [0.4, 0.5) is 0 Å². The summed E-state index contributed by atoms with van der Waals surface area (Å²) in [5, 5.41) is 10.3. The van der Waals surface area contributed by atoms with Gasteiger partial charge in [0.25, 0.3) is 0 Å². The van der Waals surface area contributed by atoms with Crippen LogP contribution in [0.3, 0.4) is 0 Å². The average molecular weight is 243 g/mol. The highest BCUT2D eigenvalue weighted by Gasteiger charge is 2.19. The normalized spacial score (nSPS) is 10.9. The molecule has 0 amide bonds. The molecule has 0 spiro atoms. The van der Waals surface area contributed by atoms with Gasteiger partial charge in [-0.05, 0) is 43.9 Å². The first kappa shape index (κ1) is 12.6. The summed E-state index contributed by atoms with van der Waals surface area (Å²) in [6.45, 7) is 7.75. The van der Waals surface area contributed by atoms with E-state index in [9.17, 15) is 9.90 Å². The molecule has 0 aliphatic rings. The summed E-state index contributed by atoms with van der Waals surface area (Å²) in [4.78, 5) is 16.2. The van der Waals surface area contributed by atoms with Gasteiger partial charge in [0.15, 0.2) is 0 Å². The number of hydrogen-bond acceptors (Lipinski definition) is 2. The zero-order valence-electron chi connectivity index (χ0n) is 11.2. The minimum atomic E-state index is -0.865. The summed E-state index contributed by atoms with van der Waals surface area (Å²) in [6.07, 6.45) is 0.684. The minimum Gasteiger partial charge on any atom is -0.478 e. The van der Waals surface area contributed by atoms with Crippen LogP contribution in [-0.4, -0.2) is 16.1 Å². The molecule has 2 aromatic rings. The molecule has 3 nitrogen and oxygen atoms in total. The Hall–Kier alpha value is -1.90. The predicted molar refractivity (Wildman–Crippen MR) is 72.3 cm³/mol. The average Bonchev–Trinajstić information content (AvgIpc) is 2.32. The largest absolute Gasteiger partial charge is 0.478 e. The third-order valence-electron chi connectivity index (χ3n) is 3.42. The van der Waals surface area contributed by atoms with Gasteiger partial charge in [-0.15, -0.1) is 0 Å². The highest BCUT2D eigenvalue weighted by molar-refractivity contribution is 6.06. The number of aryl methyl sites for hydroxylation is 3. The summed E-state index contributed by atoms with van der Waals surface area (Å²) in [7, 11) is 0. The van der Waals surface area contributed by atoms with Crippen LogP contribution in [-0.2, 0) is 6.42 Å². The van der Waals surface area contributed by atoms with Crippen molar-refractivity contribution in [2.24, 2.45) is 0 Å². The summed E-state index contributed by atoms with van der Waals surface area (Å²) in [5.74, 6) is -0.865. The molecule has 3 heteroatoms. The molecule has 0 aliphatic heterocycles. The Morgan fingerprint density at radius 1 is 1.22 bits per heavy atom. The molecule has 1 aromatic heterocycles. The number of rotatable bonds is 2. The number of nitrogens with zero attached hydrogens (tertiary/aromatic N) is 1. The Kier molecular flexibility index (Phi) is 3.07. The van der Waals surface area contributed by atoms with Crippen LogP contribution in [0.1, 0.15) is 39.7 Å². The molecule has 0 bridgehead atoms. The minimum absolute atomic E-state index is 0.418. The Bertz CT molecular complexity index is 645. The standard InChI is InChI=1S/C15H17NO2/c1-5-11-10(4)16-14-9(3)7-6-8(2)12(14)13(11)15(17)18/h6-7H,5H2,1-4H3,(H,17,18). The van der Waals surface area contributed by atoms with Crippen LogP contribution in [0.5, 0.6) is 0 Å². The van der Waals surface area contributed by atoms with Gasteiger partial charge >= 0.3 is 5.97 Å². The van der Waals surface area contributed by atoms with E-state index in [2.05, 4.69) is 4.98 Å². The van der Waals surface area contributed by atoms with E-state index in [0.717, 1.165) is 33.3 Å². The van der Waals surface area contributed by atoms with E-state index >= 15 is 0 Å². The molecule has 1 aromatic carbocycles. The molecule has 2 rings (SSSR count). The third kappa shape index (κ3) is 1.76. The maximum Gasteiger partial charge on any atom is 0.336 e. The zero-order valence-corrected chi connectivity index (χ0v) is 11.2. The van der Waals surface area contributed by atoms with Crippen LogP contribution >= 0.6 is 0 Å². The van der Waals surface area contributed by atoms with Crippen LogP contribution in [0.2, 0.25) is 0 Å². The van der Waals surface area contributed by atoms with E-state index in [4.69, 9.17) is 0 Å². The van der Waals surface area contributed by atoms with Crippen LogP contribution in [0, 0.1) is 20.8 Å². The highest BCUT2D eigenvalue weighted by Crippen LogP contribution is 2.28. The third-order valence-corrected chi connectivity index (χ3v) is 3.42. The maximum atomic E-state index is 11.6. The number of carboxylic acids is 1. The van der Waals surface area contributed by atoms with Gasteiger partial charge in [0.2, 0.25) is 0 Å². The molecule has 18 heavy (non-hydrogen) atoms. The molecular formula is C15H17NO2. The van der Waals surface area contributed by atoms with Gasteiger partial charge in [-0.1, -0.05) is 19.1 Å². The summed E-state index contributed by atoms with van der Waals surface area (Å²) < 4.78 is 0. The van der Waals surface area contributed by atoms with Crippen molar-refractivity contribution in [2.45, 2.75) is 34.1 Å². The molecule has 0 unspecified atom stereocenters. The summed E-state index contributed by atoms with van der Waals surface area (Å²) >= 11 is 0. The molecule has 1 N–H and O–H groups in total. The van der Waals surface area contributed by atoms with Crippen molar-refractivity contribution in [2.75, 3.05) is 0 Å². The van der Waals surface area contributed by atoms with Crippen molar-refractivity contribution in [3.05, 3.63) is 40.1 Å². The summed E-state index contributed by atoms with van der Waals surface area (Å²) in [5.41, 5.74) is 4.86. The Morgan fingerprint density at radius 3 is 2.39 bits per heavy atom. The van der Waals surface area contributed by atoms with Gasteiger partial charge in [-0.2, -0.15) is 0 Å². The first-order valence-corrected chi connectivity index (χ1v) is 6.10. The molecular weight excluding hydrogens is 226 g/mol. The van der Waals surface area contributed by atoms with Gasteiger partial charge in [-0.3, -0.25) is 4.98 Å². The second-order valence-corrected chi connectivity index (χ2v) is 4.63. The van der Waals surface area contributed by atoms with E-state index < -0.39 is 5.97 Å². The quantitative estimate of drug-likeness (QED) is 0.879. The van der Waals surface area contributed by atoms with E-state index in [1.54, 1.807) is 0 Å². The molecule has 0 saturated carbocycles. The van der Waals surface area contributed by atoms with Crippen molar-refractivity contribution >= 4 is 16.9 Å². The van der Waals surface area contributed by atoms with E-state index in [1.165, 1.54) is 0 Å². The molecule has 1 heterocycles. The number of carbonyl (C=O) groups is 1. The zero-order chi connectivity index (χ0) is 13.4. The topological polar surface area (TPSA) is 50.2 Å².